The fourth-order valence-corrected chi connectivity index (χ4v) is 2.17. The highest BCUT2D eigenvalue weighted by Crippen LogP contribution is 2.14. The Kier molecular flexibility index (Phi) is 5.07. The van der Waals surface area contributed by atoms with Gasteiger partial charge in [0.2, 0.25) is 0 Å². The van der Waals surface area contributed by atoms with Crippen molar-refractivity contribution in [2.45, 2.75) is 24.8 Å². The second-order valence-electron chi connectivity index (χ2n) is 4.21. The molecule has 2 atom stereocenters. The van der Waals surface area contributed by atoms with Crippen LogP contribution in [0.3, 0.4) is 0 Å². The van der Waals surface area contributed by atoms with Crippen LogP contribution in [0.25, 0.3) is 0 Å². The standard InChI is InChI=1S/C13H18O4S/c1-4-11(3)13(14)9-17-18(15,16)12-7-5-10(2)6-8-12/h4-8,11,13-14H,1,9H2,2-3H3/t11-,13-/m0/s1. The molecular formula is C13H18O4S. The molecule has 1 N–H and O–H groups in total. The van der Waals surface area contributed by atoms with E-state index in [-0.39, 0.29) is 17.4 Å². The molecule has 0 radical (unpaired) electrons. The van der Waals surface area contributed by atoms with Gasteiger partial charge >= 0.3 is 0 Å². The second-order valence-corrected chi connectivity index (χ2v) is 5.83. The van der Waals surface area contributed by atoms with Crippen molar-refractivity contribution in [1.82, 2.24) is 0 Å². The van der Waals surface area contributed by atoms with E-state index in [1.807, 2.05) is 6.92 Å². The van der Waals surface area contributed by atoms with E-state index in [4.69, 9.17) is 4.18 Å². The van der Waals surface area contributed by atoms with E-state index < -0.39 is 16.2 Å². The highest BCUT2D eigenvalue weighted by atomic mass is 32.2. The molecule has 1 rings (SSSR count). The zero-order chi connectivity index (χ0) is 13.8. The number of aryl methyl sites for hydroxylation is 1. The highest BCUT2D eigenvalue weighted by molar-refractivity contribution is 7.86. The van der Waals surface area contributed by atoms with Crippen LogP contribution < -0.4 is 0 Å². The van der Waals surface area contributed by atoms with Gasteiger partial charge in [-0.05, 0) is 19.1 Å². The van der Waals surface area contributed by atoms with Crippen LogP contribution in [0.4, 0.5) is 0 Å². The topological polar surface area (TPSA) is 63.6 Å². The van der Waals surface area contributed by atoms with Crippen LogP contribution in [0, 0.1) is 12.8 Å². The van der Waals surface area contributed by atoms with Crippen molar-refractivity contribution in [3.05, 3.63) is 42.5 Å². The molecule has 0 heterocycles. The van der Waals surface area contributed by atoms with Gasteiger partial charge in [-0.1, -0.05) is 30.7 Å². The molecule has 0 saturated carbocycles. The second kappa shape index (κ2) is 6.13. The van der Waals surface area contributed by atoms with Gasteiger partial charge in [-0.2, -0.15) is 8.42 Å². The number of rotatable bonds is 6. The van der Waals surface area contributed by atoms with Gasteiger partial charge in [-0.25, -0.2) is 0 Å². The third-order valence-corrected chi connectivity index (χ3v) is 3.98. The van der Waals surface area contributed by atoms with Crippen LogP contribution in [-0.2, 0) is 14.3 Å². The van der Waals surface area contributed by atoms with E-state index in [0.717, 1.165) is 5.56 Å². The number of aliphatic hydroxyl groups excluding tert-OH is 1. The lowest BCUT2D eigenvalue weighted by Crippen LogP contribution is -2.24. The molecule has 0 amide bonds. The van der Waals surface area contributed by atoms with Crippen LogP contribution in [0.15, 0.2) is 41.8 Å². The largest absolute Gasteiger partial charge is 0.390 e. The lowest BCUT2D eigenvalue weighted by molar-refractivity contribution is 0.0821. The van der Waals surface area contributed by atoms with Gasteiger partial charge in [0.15, 0.2) is 0 Å². The molecule has 0 aliphatic carbocycles. The van der Waals surface area contributed by atoms with Crippen molar-refractivity contribution >= 4 is 10.1 Å². The molecule has 4 nitrogen and oxygen atoms in total. The normalized spacial score (nSPS) is 15.1. The predicted molar refractivity (Wildman–Crippen MR) is 69.7 cm³/mol. The summed E-state index contributed by atoms with van der Waals surface area (Å²) in [5.41, 5.74) is 0.967. The minimum atomic E-state index is -3.81. The first-order valence-corrected chi connectivity index (χ1v) is 7.04. The average molecular weight is 270 g/mol. The number of hydrogen-bond donors (Lipinski definition) is 1. The Balaban J connectivity index is 2.71. The maximum absolute atomic E-state index is 11.8. The van der Waals surface area contributed by atoms with Gasteiger partial charge in [-0.15, -0.1) is 6.58 Å². The molecule has 5 heteroatoms. The fourth-order valence-electron chi connectivity index (χ4n) is 1.24. The summed E-state index contributed by atoms with van der Waals surface area (Å²) in [6.45, 7) is 6.86. The summed E-state index contributed by atoms with van der Waals surface area (Å²) in [6.07, 6.45) is 0.662. The summed E-state index contributed by atoms with van der Waals surface area (Å²) >= 11 is 0. The Morgan fingerprint density at radius 2 is 1.94 bits per heavy atom. The van der Waals surface area contributed by atoms with Gasteiger partial charge in [0, 0.05) is 5.92 Å². The summed E-state index contributed by atoms with van der Waals surface area (Å²) < 4.78 is 28.4. The first kappa shape index (κ1) is 14.9. The minimum Gasteiger partial charge on any atom is -0.390 e. The van der Waals surface area contributed by atoms with Crippen molar-refractivity contribution < 1.29 is 17.7 Å². The molecule has 0 saturated heterocycles. The van der Waals surface area contributed by atoms with Gasteiger partial charge in [0.05, 0.1) is 17.6 Å². The monoisotopic (exact) mass is 270 g/mol. The number of hydrogen-bond acceptors (Lipinski definition) is 4. The molecule has 0 unspecified atom stereocenters. The Bertz CT molecular complexity index is 490. The number of aliphatic hydroxyl groups is 1. The maximum Gasteiger partial charge on any atom is 0.297 e. The molecule has 1 aromatic carbocycles. The minimum absolute atomic E-state index is 0.0894. The molecule has 0 aliphatic rings. The van der Waals surface area contributed by atoms with E-state index >= 15 is 0 Å². The SMILES string of the molecule is C=C[C@H](C)[C@@H](O)COS(=O)(=O)c1ccc(C)cc1. The molecule has 18 heavy (non-hydrogen) atoms. The highest BCUT2D eigenvalue weighted by Gasteiger charge is 2.19. The van der Waals surface area contributed by atoms with Crippen molar-refractivity contribution in [2.75, 3.05) is 6.61 Å². The van der Waals surface area contributed by atoms with E-state index in [0.29, 0.717) is 0 Å². The fraction of sp³-hybridized carbons (Fsp3) is 0.385. The third-order valence-electron chi connectivity index (χ3n) is 2.68. The Morgan fingerprint density at radius 1 is 1.39 bits per heavy atom. The zero-order valence-electron chi connectivity index (χ0n) is 10.5. The molecule has 1 aromatic rings. The summed E-state index contributed by atoms with van der Waals surface area (Å²) in [7, 11) is -3.81. The first-order valence-electron chi connectivity index (χ1n) is 5.63. The smallest absolute Gasteiger partial charge is 0.297 e. The molecular weight excluding hydrogens is 252 g/mol. The van der Waals surface area contributed by atoms with Crippen molar-refractivity contribution in [2.24, 2.45) is 5.92 Å². The maximum atomic E-state index is 11.8. The lowest BCUT2D eigenvalue weighted by Gasteiger charge is -2.15. The summed E-state index contributed by atoms with van der Waals surface area (Å²) in [6, 6.07) is 6.35. The molecule has 0 fully saturated rings. The Hall–Kier alpha value is -1.17. The Labute approximate surface area is 108 Å². The summed E-state index contributed by atoms with van der Waals surface area (Å²) in [4.78, 5) is 0.0894. The van der Waals surface area contributed by atoms with Crippen LogP contribution >= 0.6 is 0 Å². The van der Waals surface area contributed by atoms with Crippen LogP contribution in [0.2, 0.25) is 0 Å². The first-order chi connectivity index (χ1) is 8.36. The summed E-state index contributed by atoms with van der Waals surface area (Å²) in [5, 5.41) is 9.61. The van der Waals surface area contributed by atoms with Crippen LogP contribution in [0.5, 0.6) is 0 Å². The Morgan fingerprint density at radius 3 is 2.44 bits per heavy atom. The van der Waals surface area contributed by atoms with Crippen molar-refractivity contribution in [3.8, 4) is 0 Å². The number of benzene rings is 1. The summed E-state index contributed by atoms with van der Waals surface area (Å²) in [5.74, 6) is -0.224. The van der Waals surface area contributed by atoms with Crippen molar-refractivity contribution in [3.63, 3.8) is 0 Å². The van der Waals surface area contributed by atoms with Gasteiger partial charge in [0.1, 0.15) is 0 Å². The molecule has 0 bridgehead atoms. The van der Waals surface area contributed by atoms with Gasteiger partial charge < -0.3 is 5.11 Å². The third kappa shape index (κ3) is 3.94. The van der Waals surface area contributed by atoms with E-state index in [1.54, 1.807) is 25.1 Å². The van der Waals surface area contributed by atoms with Crippen molar-refractivity contribution in [1.29, 1.82) is 0 Å². The lowest BCUT2D eigenvalue weighted by atomic mass is 10.1. The zero-order valence-corrected chi connectivity index (χ0v) is 11.4. The molecule has 0 aromatic heterocycles. The predicted octanol–water partition coefficient (Wildman–Crippen LogP) is 1.88. The molecule has 0 aliphatic heterocycles. The molecule has 0 spiro atoms. The van der Waals surface area contributed by atoms with E-state index in [9.17, 15) is 13.5 Å². The molecule has 100 valence electrons. The average Bonchev–Trinajstić information content (AvgIpc) is 2.35. The van der Waals surface area contributed by atoms with Crippen LogP contribution in [0.1, 0.15) is 12.5 Å². The van der Waals surface area contributed by atoms with E-state index in [1.165, 1.54) is 12.1 Å². The quantitative estimate of drug-likeness (QED) is 0.633. The van der Waals surface area contributed by atoms with E-state index in [2.05, 4.69) is 6.58 Å². The van der Waals surface area contributed by atoms with Crippen LogP contribution in [-0.4, -0.2) is 26.2 Å². The van der Waals surface area contributed by atoms with Gasteiger partial charge in [-0.3, -0.25) is 4.18 Å². The van der Waals surface area contributed by atoms with Gasteiger partial charge in [0.25, 0.3) is 10.1 Å².